The fraction of sp³-hybridized carbons (Fsp3) is 0.286. The van der Waals surface area contributed by atoms with Gasteiger partial charge in [0.05, 0.1) is 13.2 Å². The second-order valence-corrected chi connectivity index (χ2v) is 4.36. The van der Waals surface area contributed by atoms with Gasteiger partial charge < -0.3 is 20.3 Å². The SMILES string of the molecule is Cn1ccnc1CNc1ccc(C(=O)NCCO)cc1. The number of nitrogens with zero attached hydrogens (tertiary/aromatic N) is 2. The number of carbonyl (C=O) groups excluding carboxylic acids is 1. The number of carbonyl (C=O) groups is 1. The smallest absolute Gasteiger partial charge is 0.251 e. The molecule has 0 radical (unpaired) electrons. The van der Waals surface area contributed by atoms with Crippen molar-refractivity contribution in [3.8, 4) is 0 Å². The summed E-state index contributed by atoms with van der Waals surface area (Å²) in [6.45, 7) is 0.826. The van der Waals surface area contributed by atoms with E-state index in [4.69, 9.17) is 5.11 Å². The Bertz CT molecular complexity index is 563. The van der Waals surface area contributed by atoms with Gasteiger partial charge in [-0.1, -0.05) is 0 Å². The lowest BCUT2D eigenvalue weighted by molar-refractivity contribution is 0.0945. The highest BCUT2D eigenvalue weighted by molar-refractivity contribution is 5.94. The van der Waals surface area contributed by atoms with Gasteiger partial charge >= 0.3 is 0 Å². The zero-order chi connectivity index (χ0) is 14.4. The summed E-state index contributed by atoms with van der Waals surface area (Å²) in [4.78, 5) is 15.9. The maximum atomic E-state index is 11.6. The minimum atomic E-state index is -0.185. The minimum absolute atomic E-state index is 0.0605. The Labute approximate surface area is 117 Å². The number of rotatable bonds is 6. The number of aromatic nitrogens is 2. The number of benzene rings is 1. The van der Waals surface area contributed by atoms with Crippen LogP contribution in [0.15, 0.2) is 36.7 Å². The van der Waals surface area contributed by atoms with Gasteiger partial charge in [0.25, 0.3) is 5.91 Å². The third-order valence-corrected chi connectivity index (χ3v) is 2.92. The van der Waals surface area contributed by atoms with Crippen LogP contribution in [0, 0.1) is 0 Å². The van der Waals surface area contributed by atoms with Gasteiger partial charge in [-0.2, -0.15) is 0 Å². The largest absolute Gasteiger partial charge is 0.395 e. The molecule has 0 spiro atoms. The van der Waals surface area contributed by atoms with Crippen molar-refractivity contribution in [2.24, 2.45) is 7.05 Å². The van der Waals surface area contributed by atoms with E-state index >= 15 is 0 Å². The van der Waals surface area contributed by atoms with Crippen molar-refractivity contribution in [3.63, 3.8) is 0 Å². The molecule has 0 fully saturated rings. The van der Waals surface area contributed by atoms with Crippen molar-refractivity contribution < 1.29 is 9.90 Å². The molecule has 6 heteroatoms. The molecule has 6 nitrogen and oxygen atoms in total. The lowest BCUT2D eigenvalue weighted by Gasteiger charge is -2.08. The van der Waals surface area contributed by atoms with Crippen molar-refractivity contribution >= 4 is 11.6 Å². The molecule has 2 aromatic rings. The molecule has 3 N–H and O–H groups in total. The van der Waals surface area contributed by atoms with Crippen LogP contribution in [0.2, 0.25) is 0 Å². The predicted molar refractivity (Wildman–Crippen MR) is 76.4 cm³/mol. The molecule has 106 valence electrons. The van der Waals surface area contributed by atoms with Crippen molar-refractivity contribution in [3.05, 3.63) is 48.0 Å². The van der Waals surface area contributed by atoms with Gasteiger partial charge in [0.1, 0.15) is 5.82 Å². The summed E-state index contributed by atoms with van der Waals surface area (Å²) < 4.78 is 1.95. The van der Waals surface area contributed by atoms with Gasteiger partial charge in [-0.3, -0.25) is 4.79 Å². The quantitative estimate of drug-likeness (QED) is 0.726. The summed E-state index contributed by atoms with van der Waals surface area (Å²) in [6, 6.07) is 7.18. The summed E-state index contributed by atoms with van der Waals surface area (Å²) in [7, 11) is 1.94. The first-order chi connectivity index (χ1) is 9.70. The Morgan fingerprint density at radius 3 is 2.70 bits per heavy atom. The molecule has 1 amide bonds. The zero-order valence-electron chi connectivity index (χ0n) is 11.3. The van der Waals surface area contributed by atoms with Crippen LogP contribution in [-0.4, -0.2) is 33.7 Å². The fourth-order valence-electron chi connectivity index (χ4n) is 1.76. The van der Waals surface area contributed by atoms with Crippen LogP contribution in [0.1, 0.15) is 16.2 Å². The van der Waals surface area contributed by atoms with Gasteiger partial charge in [-0.25, -0.2) is 4.98 Å². The topological polar surface area (TPSA) is 79.2 Å². The summed E-state index contributed by atoms with van der Waals surface area (Å²) in [5.74, 6) is 0.754. The molecule has 0 aliphatic carbocycles. The average Bonchev–Trinajstić information content (AvgIpc) is 2.88. The number of aliphatic hydroxyl groups excluding tert-OH is 1. The van der Waals surface area contributed by atoms with Crippen molar-refractivity contribution in [1.29, 1.82) is 0 Å². The first-order valence-corrected chi connectivity index (χ1v) is 6.40. The second kappa shape index (κ2) is 6.72. The number of aryl methyl sites for hydroxylation is 1. The van der Waals surface area contributed by atoms with E-state index in [0.29, 0.717) is 12.1 Å². The summed E-state index contributed by atoms with van der Waals surface area (Å²) >= 11 is 0. The maximum Gasteiger partial charge on any atom is 0.251 e. The van der Waals surface area contributed by atoms with E-state index in [9.17, 15) is 4.79 Å². The highest BCUT2D eigenvalue weighted by atomic mass is 16.3. The summed E-state index contributed by atoms with van der Waals surface area (Å²) in [5.41, 5.74) is 1.49. The van der Waals surface area contributed by atoms with E-state index in [1.807, 2.05) is 29.9 Å². The first-order valence-electron chi connectivity index (χ1n) is 6.40. The van der Waals surface area contributed by atoms with E-state index in [1.165, 1.54) is 0 Å². The average molecular weight is 274 g/mol. The third kappa shape index (κ3) is 3.58. The van der Waals surface area contributed by atoms with Crippen molar-refractivity contribution in [1.82, 2.24) is 14.9 Å². The van der Waals surface area contributed by atoms with Gasteiger partial charge in [0, 0.05) is 37.2 Å². The number of amides is 1. The number of hydrogen-bond acceptors (Lipinski definition) is 4. The second-order valence-electron chi connectivity index (χ2n) is 4.36. The monoisotopic (exact) mass is 274 g/mol. The number of anilines is 1. The van der Waals surface area contributed by atoms with Gasteiger partial charge in [-0.15, -0.1) is 0 Å². The van der Waals surface area contributed by atoms with E-state index < -0.39 is 0 Å². The molecule has 0 bridgehead atoms. The van der Waals surface area contributed by atoms with Gasteiger partial charge in [0.2, 0.25) is 0 Å². The maximum absolute atomic E-state index is 11.6. The minimum Gasteiger partial charge on any atom is -0.395 e. The fourth-order valence-corrected chi connectivity index (χ4v) is 1.76. The lowest BCUT2D eigenvalue weighted by Crippen LogP contribution is -2.26. The zero-order valence-corrected chi connectivity index (χ0v) is 11.3. The van der Waals surface area contributed by atoms with E-state index in [-0.39, 0.29) is 19.1 Å². The van der Waals surface area contributed by atoms with Crippen LogP contribution in [0.3, 0.4) is 0 Å². The lowest BCUT2D eigenvalue weighted by atomic mass is 10.2. The predicted octanol–water partition coefficient (Wildman–Crippen LogP) is 0.754. The molecule has 1 aromatic carbocycles. The Morgan fingerprint density at radius 1 is 1.35 bits per heavy atom. The van der Waals surface area contributed by atoms with Crippen LogP contribution < -0.4 is 10.6 Å². The molecule has 20 heavy (non-hydrogen) atoms. The normalized spacial score (nSPS) is 10.3. The molecule has 0 saturated heterocycles. The first kappa shape index (κ1) is 14.1. The van der Waals surface area contributed by atoms with E-state index in [2.05, 4.69) is 15.6 Å². The summed E-state index contributed by atoms with van der Waals surface area (Å²) in [6.07, 6.45) is 3.65. The van der Waals surface area contributed by atoms with Crippen LogP contribution >= 0.6 is 0 Å². The van der Waals surface area contributed by atoms with Crippen molar-refractivity contribution in [2.45, 2.75) is 6.54 Å². The third-order valence-electron chi connectivity index (χ3n) is 2.92. The highest BCUT2D eigenvalue weighted by Crippen LogP contribution is 2.10. The standard InChI is InChI=1S/C14H18N4O2/c1-18-8-6-15-13(18)10-17-12-4-2-11(3-5-12)14(20)16-7-9-19/h2-6,8,17,19H,7,9-10H2,1H3,(H,16,20). The molecule has 1 heterocycles. The molecule has 0 atom stereocenters. The van der Waals surface area contributed by atoms with Crippen molar-refractivity contribution in [2.75, 3.05) is 18.5 Å². The van der Waals surface area contributed by atoms with Crippen LogP contribution in [-0.2, 0) is 13.6 Å². The molecule has 0 unspecified atom stereocenters. The molecule has 0 aliphatic rings. The Kier molecular flexibility index (Phi) is 4.73. The Hall–Kier alpha value is -2.34. The number of nitrogens with one attached hydrogen (secondary N) is 2. The molecular formula is C14H18N4O2. The van der Waals surface area contributed by atoms with Crippen LogP contribution in [0.4, 0.5) is 5.69 Å². The molecular weight excluding hydrogens is 256 g/mol. The Morgan fingerprint density at radius 2 is 2.10 bits per heavy atom. The molecule has 0 aliphatic heterocycles. The summed E-state index contributed by atoms with van der Waals surface area (Å²) in [5, 5.41) is 14.5. The van der Waals surface area contributed by atoms with Crippen LogP contribution in [0.5, 0.6) is 0 Å². The Balaban J connectivity index is 1.91. The molecule has 1 aromatic heterocycles. The van der Waals surface area contributed by atoms with Gasteiger partial charge in [-0.05, 0) is 24.3 Å². The number of imidazole rings is 1. The number of hydrogen-bond donors (Lipinski definition) is 3. The highest BCUT2D eigenvalue weighted by Gasteiger charge is 2.04. The molecule has 2 rings (SSSR count). The van der Waals surface area contributed by atoms with E-state index in [0.717, 1.165) is 11.5 Å². The van der Waals surface area contributed by atoms with E-state index in [1.54, 1.807) is 18.3 Å². The van der Waals surface area contributed by atoms with Gasteiger partial charge in [0.15, 0.2) is 0 Å². The number of aliphatic hydroxyl groups is 1. The molecule has 0 saturated carbocycles. The van der Waals surface area contributed by atoms with Crippen LogP contribution in [0.25, 0.3) is 0 Å².